The van der Waals surface area contributed by atoms with E-state index in [1.54, 1.807) is 23.3 Å². The number of halogens is 1. The number of nitrogens with zero attached hydrogens (tertiary/aromatic N) is 3. The van der Waals surface area contributed by atoms with Crippen LogP contribution in [0.1, 0.15) is 32.0 Å². The fraction of sp³-hybridized carbons (Fsp3) is 0.385. The Morgan fingerprint density at radius 2 is 2.06 bits per heavy atom. The molecule has 2 N–H and O–H groups in total. The fourth-order valence-electron chi connectivity index (χ4n) is 1.96. The van der Waals surface area contributed by atoms with E-state index in [2.05, 4.69) is 23.8 Å². The molecule has 0 saturated carbocycles. The van der Waals surface area contributed by atoms with Crippen LogP contribution in [-0.4, -0.2) is 14.5 Å². The second-order valence-electron chi connectivity index (χ2n) is 4.79. The van der Waals surface area contributed by atoms with E-state index < -0.39 is 0 Å². The summed E-state index contributed by atoms with van der Waals surface area (Å²) in [6.45, 7) is 4.23. The Balaban J connectivity index is 2.33. The molecule has 2 heterocycles. The van der Waals surface area contributed by atoms with Gasteiger partial charge in [0, 0.05) is 12.1 Å². The number of rotatable bonds is 4. The molecule has 0 spiro atoms. The molecular weight excluding hydrogens is 231 g/mol. The van der Waals surface area contributed by atoms with Crippen molar-refractivity contribution >= 4 is 0 Å². The molecule has 0 aliphatic rings. The molecule has 0 radical (unpaired) electrons. The van der Waals surface area contributed by atoms with Crippen LogP contribution in [0.5, 0.6) is 0 Å². The Kier molecular flexibility index (Phi) is 3.72. The van der Waals surface area contributed by atoms with Crippen LogP contribution in [0.4, 0.5) is 4.39 Å². The molecule has 1 atom stereocenters. The molecule has 1 unspecified atom stereocenters. The van der Waals surface area contributed by atoms with Gasteiger partial charge in [0.15, 0.2) is 0 Å². The van der Waals surface area contributed by atoms with E-state index in [1.807, 2.05) is 0 Å². The SMILES string of the molecule is CC(C)CC(N)c1cncn1-c1cncc(F)c1. The molecule has 18 heavy (non-hydrogen) atoms. The third-order valence-corrected chi connectivity index (χ3v) is 2.74. The van der Waals surface area contributed by atoms with Gasteiger partial charge in [-0.15, -0.1) is 0 Å². The van der Waals surface area contributed by atoms with Gasteiger partial charge in [-0.25, -0.2) is 9.37 Å². The van der Waals surface area contributed by atoms with Gasteiger partial charge >= 0.3 is 0 Å². The lowest BCUT2D eigenvalue weighted by molar-refractivity contribution is 0.497. The van der Waals surface area contributed by atoms with E-state index in [-0.39, 0.29) is 11.9 Å². The lowest BCUT2D eigenvalue weighted by atomic mass is 10.0. The molecule has 0 aliphatic heterocycles. The van der Waals surface area contributed by atoms with E-state index in [4.69, 9.17) is 5.73 Å². The monoisotopic (exact) mass is 248 g/mol. The van der Waals surface area contributed by atoms with Crippen molar-refractivity contribution in [1.82, 2.24) is 14.5 Å². The molecule has 0 aliphatic carbocycles. The summed E-state index contributed by atoms with van der Waals surface area (Å²) in [4.78, 5) is 7.93. The van der Waals surface area contributed by atoms with Crippen LogP contribution in [0.15, 0.2) is 31.0 Å². The molecule has 0 amide bonds. The van der Waals surface area contributed by atoms with Gasteiger partial charge in [0.05, 0.1) is 36.3 Å². The van der Waals surface area contributed by atoms with E-state index in [1.165, 1.54) is 12.3 Å². The van der Waals surface area contributed by atoms with E-state index in [0.29, 0.717) is 11.6 Å². The Morgan fingerprint density at radius 3 is 2.72 bits per heavy atom. The van der Waals surface area contributed by atoms with Crippen LogP contribution in [0, 0.1) is 11.7 Å². The fourth-order valence-corrected chi connectivity index (χ4v) is 1.96. The largest absolute Gasteiger partial charge is 0.323 e. The zero-order chi connectivity index (χ0) is 13.1. The summed E-state index contributed by atoms with van der Waals surface area (Å²) in [5.74, 6) is 0.124. The predicted molar refractivity (Wildman–Crippen MR) is 67.7 cm³/mol. The number of nitrogens with two attached hydrogens (primary N) is 1. The number of pyridine rings is 1. The van der Waals surface area contributed by atoms with E-state index in [9.17, 15) is 4.39 Å². The summed E-state index contributed by atoms with van der Waals surface area (Å²) in [6.07, 6.45) is 6.98. The van der Waals surface area contributed by atoms with Crippen molar-refractivity contribution in [2.45, 2.75) is 26.3 Å². The highest BCUT2D eigenvalue weighted by Crippen LogP contribution is 2.21. The van der Waals surface area contributed by atoms with Crippen LogP contribution >= 0.6 is 0 Å². The highest BCUT2D eigenvalue weighted by atomic mass is 19.1. The highest BCUT2D eigenvalue weighted by molar-refractivity contribution is 5.31. The molecule has 2 aromatic heterocycles. The van der Waals surface area contributed by atoms with Crippen molar-refractivity contribution in [3.8, 4) is 5.69 Å². The maximum Gasteiger partial charge on any atom is 0.143 e. The summed E-state index contributed by atoms with van der Waals surface area (Å²) in [6, 6.07) is 1.30. The first-order valence-electron chi connectivity index (χ1n) is 5.96. The highest BCUT2D eigenvalue weighted by Gasteiger charge is 2.14. The van der Waals surface area contributed by atoms with E-state index >= 15 is 0 Å². The Morgan fingerprint density at radius 1 is 1.28 bits per heavy atom. The zero-order valence-electron chi connectivity index (χ0n) is 10.5. The predicted octanol–water partition coefficient (Wildman–Crippen LogP) is 2.45. The van der Waals surface area contributed by atoms with Gasteiger partial charge in [0.25, 0.3) is 0 Å². The average molecular weight is 248 g/mol. The van der Waals surface area contributed by atoms with Gasteiger partial charge in [-0.2, -0.15) is 0 Å². The summed E-state index contributed by atoms with van der Waals surface area (Å²) >= 11 is 0. The molecule has 5 heteroatoms. The van der Waals surface area contributed by atoms with Crippen LogP contribution in [0.25, 0.3) is 5.69 Å². The summed E-state index contributed by atoms with van der Waals surface area (Å²) in [7, 11) is 0. The molecular formula is C13H17FN4. The lowest BCUT2D eigenvalue weighted by Crippen LogP contribution is -2.16. The molecule has 4 nitrogen and oxygen atoms in total. The minimum absolute atomic E-state index is 0.115. The van der Waals surface area contributed by atoms with Gasteiger partial charge in [-0.05, 0) is 12.3 Å². The van der Waals surface area contributed by atoms with Crippen molar-refractivity contribution in [2.24, 2.45) is 11.7 Å². The van der Waals surface area contributed by atoms with Crippen LogP contribution < -0.4 is 5.73 Å². The Labute approximate surface area is 106 Å². The van der Waals surface area contributed by atoms with Crippen LogP contribution in [0.3, 0.4) is 0 Å². The maximum absolute atomic E-state index is 13.2. The normalized spacial score (nSPS) is 12.9. The summed E-state index contributed by atoms with van der Waals surface area (Å²) in [5.41, 5.74) is 7.65. The molecule has 0 fully saturated rings. The number of imidazole rings is 1. The standard InChI is InChI=1S/C13H17FN4/c1-9(2)3-12(15)13-7-17-8-18(13)11-4-10(14)5-16-6-11/h4-9,12H,3,15H2,1-2H3. The Bertz CT molecular complexity index is 521. The van der Waals surface area contributed by atoms with Crippen LogP contribution in [-0.2, 0) is 0 Å². The minimum atomic E-state index is -0.371. The smallest absolute Gasteiger partial charge is 0.143 e. The molecule has 96 valence electrons. The second-order valence-corrected chi connectivity index (χ2v) is 4.79. The average Bonchev–Trinajstić information content (AvgIpc) is 2.76. The van der Waals surface area contributed by atoms with Gasteiger partial charge < -0.3 is 10.3 Å². The van der Waals surface area contributed by atoms with Crippen LogP contribution in [0.2, 0.25) is 0 Å². The first kappa shape index (κ1) is 12.7. The molecule has 2 rings (SSSR count). The van der Waals surface area contributed by atoms with Crippen molar-refractivity contribution in [1.29, 1.82) is 0 Å². The molecule has 0 aromatic carbocycles. The Hall–Kier alpha value is -1.75. The third kappa shape index (κ3) is 2.73. The van der Waals surface area contributed by atoms with Gasteiger partial charge in [0.1, 0.15) is 5.82 Å². The number of hydrogen-bond acceptors (Lipinski definition) is 3. The first-order chi connectivity index (χ1) is 8.58. The lowest BCUT2D eigenvalue weighted by Gasteiger charge is -2.16. The summed E-state index contributed by atoms with van der Waals surface area (Å²) < 4.78 is 15.0. The molecule has 0 bridgehead atoms. The second kappa shape index (κ2) is 5.27. The van der Waals surface area contributed by atoms with Gasteiger partial charge in [-0.1, -0.05) is 13.8 Å². The number of hydrogen-bond donors (Lipinski definition) is 1. The zero-order valence-corrected chi connectivity index (χ0v) is 10.5. The maximum atomic E-state index is 13.2. The summed E-state index contributed by atoms with van der Waals surface area (Å²) in [5, 5.41) is 0. The third-order valence-electron chi connectivity index (χ3n) is 2.74. The molecule has 2 aromatic rings. The van der Waals surface area contributed by atoms with Gasteiger partial charge in [0.2, 0.25) is 0 Å². The molecule has 0 saturated heterocycles. The van der Waals surface area contributed by atoms with Crippen molar-refractivity contribution in [2.75, 3.05) is 0 Å². The minimum Gasteiger partial charge on any atom is -0.323 e. The topological polar surface area (TPSA) is 56.7 Å². The van der Waals surface area contributed by atoms with Crippen molar-refractivity contribution < 1.29 is 4.39 Å². The van der Waals surface area contributed by atoms with E-state index in [0.717, 1.165) is 12.1 Å². The quantitative estimate of drug-likeness (QED) is 0.904. The first-order valence-corrected chi connectivity index (χ1v) is 5.96. The van der Waals surface area contributed by atoms with Crippen molar-refractivity contribution in [3.05, 3.63) is 42.5 Å². The van der Waals surface area contributed by atoms with Gasteiger partial charge in [-0.3, -0.25) is 4.98 Å². The van der Waals surface area contributed by atoms with Crippen molar-refractivity contribution in [3.63, 3.8) is 0 Å². The number of aromatic nitrogens is 3.